The van der Waals surface area contributed by atoms with Crippen LogP contribution < -0.4 is 9.62 Å². The van der Waals surface area contributed by atoms with Crippen molar-refractivity contribution >= 4 is 27.3 Å². The van der Waals surface area contributed by atoms with E-state index in [1.54, 1.807) is 13.8 Å². The summed E-state index contributed by atoms with van der Waals surface area (Å²) in [6.07, 6.45) is 2.75. The number of sulfonamides is 1. The summed E-state index contributed by atoms with van der Waals surface area (Å²) in [6, 6.07) is 15.3. The smallest absolute Gasteiger partial charge is 0.268 e. The molecular weight excluding hydrogens is 424 g/mol. The second-order valence-corrected chi connectivity index (χ2v) is 9.91. The van der Waals surface area contributed by atoms with Crippen LogP contribution in [-0.4, -0.2) is 30.7 Å². The Labute approximate surface area is 189 Å². The molecule has 0 unspecified atom stereocenters. The van der Waals surface area contributed by atoms with E-state index in [9.17, 15) is 13.2 Å². The number of nitrogens with one attached hydrogen (secondary N) is 1. The van der Waals surface area contributed by atoms with E-state index in [2.05, 4.69) is 17.3 Å². The number of carbonyl (C=O) groups is 1. The van der Waals surface area contributed by atoms with Crippen molar-refractivity contribution in [3.8, 4) is 0 Å². The number of amides is 1. The third-order valence-electron chi connectivity index (χ3n) is 5.78. The molecule has 3 aromatic rings. The number of rotatable bonds is 7. The summed E-state index contributed by atoms with van der Waals surface area (Å²) in [6.45, 7) is 5.83. The lowest BCUT2D eigenvalue weighted by Gasteiger charge is -2.19. The molecule has 1 aliphatic heterocycles. The van der Waals surface area contributed by atoms with E-state index in [1.807, 2.05) is 48.5 Å². The van der Waals surface area contributed by atoms with E-state index in [4.69, 9.17) is 0 Å². The molecule has 0 saturated heterocycles. The Balaban J connectivity index is 1.53. The van der Waals surface area contributed by atoms with Gasteiger partial charge in [-0.3, -0.25) is 13.8 Å². The summed E-state index contributed by atoms with van der Waals surface area (Å²) < 4.78 is 29.9. The van der Waals surface area contributed by atoms with Gasteiger partial charge in [-0.2, -0.15) is 5.10 Å². The second-order valence-electron chi connectivity index (χ2n) is 8.11. The molecule has 0 bridgehead atoms. The molecule has 4 rings (SSSR count). The van der Waals surface area contributed by atoms with Crippen molar-refractivity contribution in [2.75, 3.05) is 16.2 Å². The molecule has 1 N–H and O–H groups in total. The first-order valence-electron chi connectivity index (χ1n) is 10.8. The Bertz CT molecular complexity index is 1250. The molecule has 32 heavy (non-hydrogen) atoms. The SMILES string of the molecule is CCCc1ccc(NC(=O)Cn2nc(C)c(S(=O)(=O)N3CCc4ccccc43)c2C)cc1. The first-order valence-corrected chi connectivity index (χ1v) is 12.3. The maximum atomic E-state index is 13.5. The summed E-state index contributed by atoms with van der Waals surface area (Å²) in [5.41, 5.74) is 4.51. The van der Waals surface area contributed by atoms with Crippen LogP contribution in [0.2, 0.25) is 0 Å². The Morgan fingerprint density at radius 2 is 1.81 bits per heavy atom. The highest BCUT2D eigenvalue weighted by atomic mass is 32.2. The summed E-state index contributed by atoms with van der Waals surface area (Å²) in [4.78, 5) is 12.8. The van der Waals surface area contributed by atoms with Crippen molar-refractivity contribution in [3.05, 3.63) is 71.0 Å². The van der Waals surface area contributed by atoms with Gasteiger partial charge >= 0.3 is 0 Å². The molecule has 0 spiro atoms. The van der Waals surface area contributed by atoms with Gasteiger partial charge in [-0.1, -0.05) is 43.7 Å². The zero-order valence-corrected chi connectivity index (χ0v) is 19.4. The Kier molecular flexibility index (Phi) is 6.06. The van der Waals surface area contributed by atoms with Crippen molar-refractivity contribution in [2.24, 2.45) is 0 Å². The lowest BCUT2D eigenvalue weighted by molar-refractivity contribution is -0.116. The molecular formula is C24H28N4O3S. The van der Waals surface area contributed by atoms with Crippen molar-refractivity contribution in [1.29, 1.82) is 0 Å². The molecule has 1 aliphatic rings. The fraction of sp³-hybridized carbons (Fsp3) is 0.333. The summed E-state index contributed by atoms with van der Waals surface area (Å²) in [5.74, 6) is -0.255. The molecule has 8 heteroatoms. The quantitative estimate of drug-likeness (QED) is 0.590. The zero-order valence-electron chi connectivity index (χ0n) is 18.6. The number of hydrogen-bond acceptors (Lipinski definition) is 4. The predicted octanol–water partition coefficient (Wildman–Crippen LogP) is 3.84. The molecule has 0 atom stereocenters. The number of nitrogens with zero attached hydrogens (tertiary/aromatic N) is 3. The standard InChI is InChI=1S/C24H28N4O3S/c1-4-7-19-10-12-21(13-11-19)25-23(29)16-27-18(3)24(17(2)26-27)32(30,31)28-15-14-20-8-5-6-9-22(20)28/h5-6,8-13H,4,7,14-16H2,1-3H3,(H,25,29). The zero-order chi connectivity index (χ0) is 22.9. The van der Waals surface area contributed by atoms with Crippen molar-refractivity contribution in [3.63, 3.8) is 0 Å². The van der Waals surface area contributed by atoms with Crippen LogP contribution in [0.25, 0.3) is 0 Å². The van der Waals surface area contributed by atoms with Gasteiger partial charge in [0.15, 0.2) is 0 Å². The van der Waals surface area contributed by atoms with Crippen molar-refractivity contribution in [2.45, 2.75) is 51.5 Å². The van der Waals surface area contributed by atoms with Gasteiger partial charge in [0.05, 0.1) is 17.1 Å². The van der Waals surface area contributed by atoms with Crippen LogP contribution in [-0.2, 0) is 34.2 Å². The second kappa shape index (κ2) is 8.78. The fourth-order valence-corrected chi connectivity index (χ4v) is 6.14. The van der Waals surface area contributed by atoms with Gasteiger partial charge in [0, 0.05) is 12.2 Å². The van der Waals surface area contributed by atoms with Crippen LogP contribution in [0.4, 0.5) is 11.4 Å². The molecule has 1 aromatic heterocycles. The summed E-state index contributed by atoms with van der Waals surface area (Å²) >= 11 is 0. The van der Waals surface area contributed by atoms with Crippen LogP contribution in [0.1, 0.15) is 35.9 Å². The van der Waals surface area contributed by atoms with E-state index >= 15 is 0 Å². The van der Waals surface area contributed by atoms with Crippen LogP contribution in [0, 0.1) is 13.8 Å². The minimum atomic E-state index is -3.78. The van der Waals surface area contributed by atoms with Gasteiger partial charge in [0.2, 0.25) is 5.91 Å². The van der Waals surface area contributed by atoms with Gasteiger partial charge in [-0.05, 0) is 56.0 Å². The van der Waals surface area contributed by atoms with E-state index in [-0.39, 0.29) is 17.3 Å². The van der Waals surface area contributed by atoms with Gasteiger partial charge in [-0.25, -0.2) is 8.42 Å². The summed E-state index contributed by atoms with van der Waals surface area (Å²) in [7, 11) is -3.78. The maximum absolute atomic E-state index is 13.5. The molecule has 1 amide bonds. The molecule has 7 nitrogen and oxygen atoms in total. The van der Waals surface area contributed by atoms with Crippen LogP contribution in [0.3, 0.4) is 0 Å². The predicted molar refractivity (Wildman–Crippen MR) is 125 cm³/mol. The number of aryl methyl sites for hydroxylation is 2. The van der Waals surface area contributed by atoms with Gasteiger partial charge in [0.1, 0.15) is 11.4 Å². The minimum absolute atomic E-state index is 0.0600. The molecule has 168 valence electrons. The number of hydrogen-bond donors (Lipinski definition) is 1. The number of fused-ring (bicyclic) bond motifs is 1. The monoisotopic (exact) mass is 452 g/mol. The van der Waals surface area contributed by atoms with Gasteiger partial charge < -0.3 is 5.32 Å². The highest BCUT2D eigenvalue weighted by molar-refractivity contribution is 7.93. The Morgan fingerprint density at radius 1 is 1.09 bits per heavy atom. The number of aromatic nitrogens is 2. The largest absolute Gasteiger partial charge is 0.324 e. The average molecular weight is 453 g/mol. The lowest BCUT2D eigenvalue weighted by Crippen LogP contribution is -2.30. The van der Waals surface area contributed by atoms with Crippen molar-refractivity contribution in [1.82, 2.24) is 9.78 Å². The topological polar surface area (TPSA) is 84.3 Å². The number of carbonyl (C=O) groups excluding carboxylic acids is 1. The lowest BCUT2D eigenvalue weighted by atomic mass is 10.1. The third-order valence-corrected chi connectivity index (χ3v) is 7.84. The summed E-state index contributed by atoms with van der Waals surface area (Å²) in [5, 5.41) is 7.24. The number of para-hydroxylation sites is 1. The Hall–Kier alpha value is -3.13. The number of anilines is 2. The van der Waals surface area contributed by atoms with Gasteiger partial charge in [-0.15, -0.1) is 0 Å². The van der Waals surface area contributed by atoms with Crippen LogP contribution >= 0.6 is 0 Å². The Morgan fingerprint density at radius 3 is 2.53 bits per heavy atom. The fourth-order valence-electron chi connectivity index (χ4n) is 4.26. The van der Waals surface area contributed by atoms with Crippen LogP contribution in [0.5, 0.6) is 0 Å². The first-order chi connectivity index (χ1) is 15.3. The average Bonchev–Trinajstić information content (AvgIpc) is 3.31. The number of benzene rings is 2. The molecule has 0 radical (unpaired) electrons. The highest BCUT2D eigenvalue weighted by Gasteiger charge is 2.35. The minimum Gasteiger partial charge on any atom is -0.324 e. The van der Waals surface area contributed by atoms with Crippen LogP contribution in [0.15, 0.2) is 53.4 Å². The molecule has 2 aromatic carbocycles. The van der Waals surface area contributed by atoms with E-state index in [0.717, 1.165) is 18.4 Å². The van der Waals surface area contributed by atoms with Gasteiger partial charge in [0.25, 0.3) is 10.0 Å². The molecule has 0 saturated carbocycles. The molecule has 0 fully saturated rings. The maximum Gasteiger partial charge on any atom is 0.268 e. The first kappa shape index (κ1) is 22.1. The molecule has 2 heterocycles. The van der Waals surface area contributed by atoms with E-state index in [0.29, 0.717) is 35.7 Å². The highest BCUT2D eigenvalue weighted by Crippen LogP contribution is 2.34. The van der Waals surface area contributed by atoms with E-state index < -0.39 is 10.0 Å². The van der Waals surface area contributed by atoms with Crippen molar-refractivity contribution < 1.29 is 13.2 Å². The third kappa shape index (κ3) is 4.14. The molecule has 0 aliphatic carbocycles. The normalized spacial score (nSPS) is 13.3. The van der Waals surface area contributed by atoms with E-state index in [1.165, 1.54) is 14.6 Å².